The quantitative estimate of drug-likeness (QED) is 0.756. The maximum absolute atomic E-state index is 12.4. The second-order valence-electron chi connectivity index (χ2n) is 5.99. The highest BCUT2D eigenvalue weighted by Crippen LogP contribution is 2.20. The highest BCUT2D eigenvalue weighted by Gasteiger charge is 2.28. The number of rotatable bonds is 8. The van der Waals surface area contributed by atoms with Crippen LogP contribution < -0.4 is 4.72 Å². The van der Waals surface area contributed by atoms with E-state index in [1.54, 1.807) is 7.05 Å². The minimum absolute atomic E-state index is 0.195. The smallest absolute Gasteiger partial charge is 0.243 e. The van der Waals surface area contributed by atoms with Gasteiger partial charge in [0, 0.05) is 38.9 Å². The third-order valence-electron chi connectivity index (χ3n) is 4.58. The molecule has 7 nitrogen and oxygen atoms in total. The van der Waals surface area contributed by atoms with Crippen molar-refractivity contribution in [3.05, 3.63) is 12.4 Å². The SMILES string of the molecule is CCC(CC)[C@H](CNS(=O)(=O)c1cnn(C)c1)N1CCOCC1. The van der Waals surface area contributed by atoms with E-state index in [0.29, 0.717) is 25.7 Å². The van der Waals surface area contributed by atoms with E-state index < -0.39 is 10.0 Å². The molecule has 0 radical (unpaired) electrons. The van der Waals surface area contributed by atoms with Crippen LogP contribution >= 0.6 is 0 Å². The van der Waals surface area contributed by atoms with Crippen LogP contribution in [0.1, 0.15) is 26.7 Å². The summed E-state index contributed by atoms with van der Waals surface area (Å²) in [6, 6.07) is 0.195. The molecule has 0 unspecified atom stereocenters. The Morgan fingerprint density at radius 1 is 1.30 bits per heavy atom. The van der Waals surface area contributed by atoms with Gasteiger partial charge in [-0.1, -0.05) is 26.7 Å². The van der Waals surface area contributed by atoms with Crippen LogP contribution in [0.25, 0.3) is 0 Å². The first-order valence-corrected chi connectivity index (χ1v) is 9.76. The summed E-state index contributed by atoms with van der Waals surface area (Å²) in [5, 5.41) is 3.94. The van der Waals surface area contributed by atoms with Gasteiger partial charge in [-0.05, 0) is 5.92 Å². The zero-order valence-electron chi connectivity index (χ0n) is 14.2. The third kappa shape index (κ3) is 4.76. The van der Waals surface area contributed by atoms with Crippen LogP contribution in [0.15, 0.2) is 17.3 Å². The number of nitrogens with zero attached hydrogens (tertiary/aromatic N) is 3. The molecule has 0 saturated carbocycles. The van der Waals surface area contributed by atoms with Gasteiger partial charge in [0.2, 0.25) is 10.0 Å². The highest BCUT2D eigenvalue weighted by atomic mass is 32.2. The van der Waals surface area contributed by atoms with Gasteiger partial charge in [0.15, 0.2) is 0 Å². The number of sulfonamides is 1. The third-order valence-corrected chi connectivity index (χ3v) is 5.96. The van der Waals surface area contributed by atoms with E-state index in [1.807, 2.05) is 0 Å². The van der Waals surface area contributed by atoms with Gasteiger partial charge < -0.3 is 4.74 Å². The lowest BCUT2D eigenvalue weighted by molar-refractivity contribution is 0.00297. The van der Waals surface area contributed by atoms with Crippen molar-refractivity contribution >= 4 is 10.0 Å². The Kier molecular flexibility index (Phi) is 6.58. The predicted octanol–water partition coefficient (Wildman–Crippen LogP) is 0.835. The van der Waals surface area contributed by atoms with Crippen molar-refractivity contribution in [1.82, 2.24) is 19.4 Å². The van der Waals surface area contributed by atoms with Gasteiger partial charge in [-0.2, -0.15) is 5.10 Å². The summed E-state index contributed by atoms with van der Waals surface area (Å²) in [4.78, 5) is 2.57. The monoisotopic (exact) mass is 344 g/mol. The topological polar surface area (TPSA) is 76.5 Å². The molecule has 8 heteroatoms. The Morgan fingerprint density at radius 3 is 2.48 bits per heavy atom. The molecule has 1 aromatic heterocycles. The Labute approximate surface area is 139 Å². The van der Waals surface area contributed by atoms with Crippen molar-refractivity contribution in [2.45, 2.75) is 37.6 Å². The molecule has 0 bridgehead atoms. The number of morpholine rings is 1. The van der Waals surface area contributed by atoms with Crippen LogP contribution in [0.4, 0.5) is 0 Å². The maximum Gasteiger partial charge on any atom is 0.243 e. The zero-order chi connectivity index (χ0) is 16.9. The number of hydrogen-bond donors (Lipinski definition) is 1. The van der Waals surface area contributed by atoms with E-state index in [-0.39, 0.29) is 10.9 Å². The normalized spacial score (nSPS) is 18.4. The van der Waals surface area contributed by atoms with E-state index in [1.165, 1.54) is 17.1 Å². The standard InChI is InChI=1S/C15H28N4O3S/c1-4-13(5-2)15(19-6-8-22-9-7-19)11-17-23(20,21)14-10-16-18(3)12-14/h10,12-13,15,17H,4-9,11H2,1-3H3/t15-/m0/s1. The van der Waals surface area contributed by atoms with Crippen LogP contribution in [0, 0.1) is 5.92 Å². The molecule has 1 saturated heterocycles. The Bertz CT molecular complexity index is 577. The molecular weight excluding hydrogens is 316 g/mol. The lowest BCUT2D eigenvalue weighted by Gasteiger charge is -2.38. The second kappa shape index (κ2) is 8.23. The summed E-state index contributed by atoms with van der Waals surface area (Å²) in [6.45, 7) is 7.89. The first-order valence-electron chi connectivity index (χ1n) is 8.28. The van der Waals surface area contributed by atoms with Crippen LogP contribution in [-0.4, -0.2) is 62.0 Å². The number of nitrogens with one attached hydrogen (secondary N) is 1. The predicted molar refractivity (Wildman–Crippen MR) is 88.6 cm³/mol. The molecule has 1 aliphatic rings. The molecule has 23 heavy (non-hydrogen) atoms. The fourth-order valence-electron chi connectivity index (χ4n) is 3.15. The number of aryl methyl sites for hydroxylation is 1. The summed E-state index contributed by atoms with van der Waals surface area (Å²) < 4.78 is 34.5. The molecule has 0 aromatic carbocycles. The molecule has 2 rings (SSSR count). The van der Waals surface area contributed by atoms with Gasteiger partial charge in [-0.25, -0.2) is 13.1 Å². The average molecular weight is 344 g/mol. The first-order chi connectivity index (χ1) is 11.0. The van der Waals surface area contributed by atoms with Crippen molar-refractivity contribution in [3.8, 4) is 0 Å². The molecule has 1 aromatic rings. The van der Waals surface area contributed by atoms with E-state index in [4.69, 9.17) is 4.74 Å². The molecule has 132 valence electrons. The Hall–Kier alpha value is -0.960. The van der Waals surface area contributed by atoms with Crippen LogP contribution in [0.5, 0.6) is 0 Å². The van der Waals surface area contributed by atoms with Crippen molar-refractivity contribution in [2.75, 3.05) is 32.8 Å². The highest BCUT2D eigenvalue weighted by molar-refractivity contribution is 7.89. The van der Waals surface area contributed by atoms with Crippen molar-refractivity contribution < 1.29 is 13.2 Å². The fraction of sp³-hybridized carbons (Fsp3) is 0.800. The maximum atomic E-state index is 12.4. The Balaban J connectivity index is 2.07. The van der Waals surface area contributed by atoms with Crippen LogP contribution in [0.3, 0.4) is 0 Å². The molecule has 1 aliphatic heterocycles. The lowest BCUT2D eigenvalue weighted by Crippen LogP contribution is -2.52. The number of aromatic nitrogens is 2. The molecule has 0 amide bonds. The van der Waals surface area contributed by atoms with Gasteiger partial charge in [0.05, 0.1) is 19.4 Å². The number of hydrogen-bond acceptors (Lipinski definition) is 5. The summed E-state index contributed by atoms with van der Waals surface area (Å²) in [5.74, 6) is 0.463. The van der Waals surface area contributed by atoms with Crippen molar-refractivity contribution in [1.29, 1.82) is 0 Å². The van der Waals surface area contributed by atoms with Crippen molar-refractivity contribution in [2.24, 2.45) is 13.0 Å². The van der Waals surface area contributed by atoms with Crippen LogP contribution in [0.2, 0.25) is 0 Å². The summed E-state index contributed by atoms with van der Waals surface area (Å²) in [5.41, 5.74) is 0. The summed E-state index contributed by atoms with van der Waals surface area (Å²) in [7, 11) is -1.81. The molecule has 2 heterocycles. The first kappa shape index (κ1) is 18.4. The molecule has 1 atom stereocenters. The van der Waals surface area contributed by atoms with Gasteiger partial charge >= 0.3 is 0 Å². The Morgan fingerprint density at radius 2 is 1.96 bits per heavy atom. The van der Waals surface area contributed by atoms with E-state index in [2.05, 4.69) is 28.6 Å². The zero-order valence-corrected chi connectivity index (χ0v) is 15.1. The van der Waals surface area contributed by atoms with Crippen molar-refractivity contribution in [3.63, 3.8) is 0 Å². The number of ether oxygens (including phenoxy) is 1. The minimum atomic E-state index is -3.51. The summed E-state index contributed by atoms with van der Waals surface area (Å²) in [6.07, 6.45) is 4.96. The van der Waals surface area contributed by atoms with Gasteiger partial charge in [-0.15, -0.1) is 0 Å². The molecular formula is C15H28N4O3S. The van der Waals surface area contributed by atoms with Gasteiger partial charge in [0.25, 0.3) is 0 Å². The summed E-state index contributed by atoms with van der Waals surface area (Å²) >= 11 is 0. The second-order valence-corrected chi connectivity index (χ2v) is 7.76. The molecule has 0 aliphatic carbocycles. The molecule has 0 spiro atoms. The minimum Gasteiger partial charge on any atom is -0.379 e. The fourth-order valence-corrected chi connectivity index (χ4v) is 4.19. The molecule has 1 fully saturated rings. The molecule has 1 N–H and O–H groups in total. The van der Waals surface area contributed by atoms with E-state index >= 15 is 0 Å². The van der Waals surface area contributed by atoms with E-state index in [0.717, 1.165) is 25.9 Å². The van der Waals surface area contributed by atoms with Gasteiger partial charge in [-0.3, -0.25) is 9.58 Å². The van der Waals surface area contributed by atoms with E-state index in [9.17, 15) is 8.42 Å². The van der Waals surface area contributed by atoms with Crippen LogP contribution in [-0.2, 0) is 21.8 Å². The lowest BCUT2D eigenvalue weighted by atomic mass is 9.92. The largest absolute Gasteiger partial charge is 0.379 e. The average Bonchev–Trinajstić information content (AvgIpc) is 2.99. The van der Waals surface area contributed by atoms with Gasteiger partial charge in [0.1, 0.15) is 4.90 Å².